The van der Waals surface area contributed by atoms with Gasteiger partial charge in [0.1, 0.15) is 22.9 Å². The van der Waals surface area contributed by atoms with Gasteiger partial charge in [-0.05, 0) is 37.3 Å². The zero-order valence-electron chi connectivity index (χ0n) is 14.1. The Labute approximate surface area is 164 Å². The van der Waals surface area contributed by atoms with Crippen LogP contribution in [0.4, 0.5) is 0 Å². The van der Waals surface area contributed by atoms with E-state index in [0.29, 0.717) is 44.2 Å². The summed E-state index contributed by atoms with van der Waals surface area (Å²) in [5.41, 5.74) is 6.48. The average Bonchev–Trinajstić information content (AvgIpc) is 2.96. The number of amides is 1. The Kier molecular flexibility index (Phi) is 5.43. The molecule has 0 spiro atoms. The number of rotatable bonds is 6. The van der Waals surface area contributed by atoms with Gasteiger partial charge in [-0.3, -0.25) is 9.89 Å². The molecule has 0 fully saturated rings. The maximum Gasteiger partial charge on any atom is 0.255 e. The van der Waals surface area contributed by atoms with Gasteiger partial charge in [-0.15, -0.1) is 0 Å². The Morgan fingerprint density at radius 1 is 1.26 bits per heavy atom. The third-order valence-corrected chi connectivity index (χ3v) is 4.13. The Hall–Kier alpha value is -2.90. The lowest BCUT2D eigenvalue weighted by Gasteiger charge is -2.11. The predicted molar refractivity (Wildman–Crippen MR) is 102 cm³/mol. The minimum atomic E-state index is -0.614. The third kappa shape index (κ3) is 4.27. The number of nitrogens with zero attached hydrogens (tertiary/aromatic N) is 1. The van der Waals surface area contributed by atoms with Crippen molar-refractivity contribution in [3.8, 4) is 34.3 Å². The zero-order valence-corrected chi connectivity index (χ0v) is 15.6. The molecule has 0 aliphatic heterocycles. The number of aryl methyl sites for hydroxylation is 1. The molecule has 0 saturated carbocycles. The minimum absolute atomic E-state index is 0.101. The monoisotopic (exact) mass is 407 g/mol. The van der Waals surface area contributed by atoms with E-state index in [1.54, 1.807) is 37.3 Å². The van der Waals surface area contributed by atoms with Crippen molar-refractivity contribution in [3.05, 3.63) is 52.1 Å². The van der Waals surface area contributed by atoms with Gasteiger partial charge in [0, 0.05) is 16.7 Å². The molecule has 0 unspecified atom stereocenters. The second-order valence-electron chi connectivity index (χ2n) is 5.64. The van der Waals surface area contributed by atoms with E-state index in [9.17, 15) is 9.90 Å². The van der Waals surface area contributed by atoms with Crippen molar-refractivity contribution < 1.29 is 19.4 Å². The third-order valence-electron chi connectivity index (χ3n) is 3.60. The molecule has 3 aromatic rings. The molecule has 0 saturated heterocycles. The van der Waals surface area contributed by atoms with Crippen LogP contribution in [0.5, 0.6) is 23.0 Å². The second kappa shape index (κ2) is 7.77. The van der Waals surface area contributed by atoms with E-state index in [2.05, 4.69) is 10.2 Å². The number of aromatic amines is 1. The molecule has 3 rings (SSSR count). The van der Waals surface area contributed by atoms with Gasteiger partial charge in [-0.1, -0.05) is 23.2 Å². The molecular formula is C18H15Cl2N3O4. The second-order valence-corrected chi connectivity index (χ2v) is 6.48. The predicted octanol–water partition coefficient (Wildman–Crippen LogP) is 4.05. The highest BCUT2D eigenvalue weighted by Gasteiger charge is 2.19. The van der Waals surface area contributed by atoms with E-state index < -0.39 is 5.91 Å². The summed E-state index contributed by atoms with van der Waals surface area (Å²) in [7, 11) is 0. The van der Waals surface area contributed by atoms with E-state index in [4.69, 9.17) is 38.4 Å². The Bertz CT molecular complexity index is 1000. The number of hydrogen-bond donors (Lipinski definition) is 3. The van der Waals surface area contributed by atoms with Crippen molar-refractivity contribution in [2.75, 3.05) is 6.61 Å². The lowest BCUT2D eigenvalue weighted by Crippen LogP contribution is -2.19. The van der Waals surface area contributed by atoms with Crippen molar-refractivity contribution in [3.63, 3.8) is 0 Å². The van der Waals surface area contributed by atoms with Crippen LogP contribution in [0.2, 0.25) is 10.0 Å². The first-order chi connectivity index (χ1) is 12.8. The van der Waals surface area contributed by atoms with Crippen LogP contribution in [0.25, 0.3) is 11.3 Å². The summed E-state index contributed by atoms with van der Waals surface area (Å²) >= 11 is 12.1. The fraction of sp³-hybridized carbons (Fsp3) is 0.111. The van der Waals surface area contributed by atoms with Gasteiger partial charge < -0.3 is 20.3 Å². The number of benzene rings is 2. The number of nitrogens with one attached hydrogen (secondary N) is 1. The SMILES string of the molecule is Cc1[nH]nc(-c2ccc(OCC(N)=O)cc2O)c1Oc1ccc(Cl)cc1Cl. The zero-order chi connectivity index (χ0) is 19.6. The molecule has 1 heterocycles. The molecule has 1 aromatic heterocycles. The maximum absolute atomic E-state index is 10.8. The quantitative estimate of drug-likeness (QED) is 0.570. The van der Waals surface area contributed by atoms with Crippen molar-refractivity contribution in [2.45, 2.75) is 6.92 Å². The Morgan fingerprint density at radius 2 is 2.04 bits per heavy atom. The molecule has 0 aliphatic rings. The van der Waals surface area contributed by atoms with Crippen molar-refractivity contribution >= 4 is 29.1 Å². The van der Waals surface area contributed by atoms with Gasteiger partial charge in [-0.25, -0.2) is 0 Å². The number of ether oxygens (including phenoxy) is 2. The number of hydrogen-bond acceptors (Lipinski definition) is 5. The normalized spacial score (nSPS) is 10.6. The lowest BCUT2D eigenvalue weighted by atomic mass is 10.1. The summed E-state index contributed by atoms with van der Waals surface area (Å²) in [5, 5.41) is 18.2. The molecule has 9 heteroatoms. The van der Waals surface area contributed by atoms with Gasteiger partial charge in [-0.2, -0.15) is 5.10 Å². The van der Waals surface area contributed by atoms with E-state index >= 15 is 0 Å². The van der Waals surface area contributed by atoms with Gasteiger partial charge in [0.05, 0.1) is 10.7 Å². The minimum Gasteiger partial charge on any atom is -0.507 e. The van der Waals surface area contributed by atoms with E-state index in [0.717, 1.165) is 0 Å². The van der Waals surface area contributed by atoms with Crippen LogP contribution in [0.1, 0.15) is 5.69 Å². The molecule has 140 valence electrons. The highest BCUT2D eigenvalue weighted by molar-refractivity contribution is 6.35. The summed E-state index contributed by atoms with van der Waals surface area (Å²) in [4.78, 5) is 10.8. The first-order valence-corrected chi connectivity index (χ1v) is 8.53. The summed E-state index contributed by atoms with van der Waals surface area (Å²) < 4.78 is 11.1. The number of nitrogens with two attached hydrogens (primary N) is 1. The van der Waals surface area contributed by atoms with Crippen LogP contribution in [-0.4, -0.2) is 27.8 Å². The lowest BCUT2D eigenvalue weighted by molar-refractivity contribution is -0.119. The number of aromatic hydroxyl groups is 1. The van der Waals surface area contributed by atoms with E-state index in [-0.39, 0.29) is 12.4 Å². The Morgan fingerprint density at radius 3 is 2.70 bits per heavy atom. The average molecular weight is 408 g/mol. The largest absolute Gasteiger partial charge is 0.507 e. The number of primary amides is 1. The van der Waals surface area contributed by atoms with Gasteiger partial charge in [0.25, 0.3) is 5.91 Å². The molecule has 0 radical (unpaired) electrons. The molecule has 7 nitrogen and oxygen atoms in total. The van der Waals surface area contributed by atoms with E-state index in [1.165, 1.54) is 6.07 Å². The van der Waals surface area contributed by atoms with Crippen LogP contribution in [-0.2, 0) is 4.79 Å². The summed E-state index contributed by atoms with van der Waals surface area (Å²) in [6.45, 7) is 1.49. The maximum atomic E-state index is 10.8. The van der Waals surface area contributed by atoms with Gasteiger partial charge in [0.2, 0.25) is 0 Å². The number of carbonyl (C=O) groups excluding carboxylic acids is 1. The highest BCUT2D eigenvalue weighted by atomic mass is 35.5. The number of phenols is 1. The molecule has 1 amide bonds. The van der Waals surface area contributed by atoms with Crippen LogP contribution in [0.3, 0.4) is 0 Å². The summed E-state index contributed by atoms with van der Waals surface area (Å²) in [5.74, 6) is 0.381. The molecule has 27 heavy (non-hydrogen) atoms. The van der Waals surface area contributed by atoms with Crippen molar-refractivity contribution in [1.29, 1.82) is 0 Å². The number of H-pyrrole nitrogens is 1. The molecule has 2 aromatic carbocycles. The first-order valence-electron chi connectivity index (χ1n) is 7.77. The van der Waals surface area contributed by atoms with Crippen LogP contribution in [0.15, 0.2) is 36.4 Å². The van der Waals surface area contributed by atoms with Crippen LogP contribution in [0, 0.1) is 6.92 Å². The van der Waals surface area contributed by atoms with E-state index in [1.807, 2.05) is 0 Å². The summed E-state index contributed by atoms with van der Waals surface area (Å²) in [6, 6.07) is 9.40. The highest BCUT2D eigenvalue weighted by Crippen LogP contribution is 2.41. The van der Waals surface area contributed by atoms with Crippen molar-refractivity contribution in [1.82, 2.24) is 10.2 Å². The topological polar surface area (TPSA) is 110 Å². The molecular weight excluding hydrogens is 393 g/mol. The molecule has 0 bridgehead atoms. The first kappa shape index (κ1) is 18.9. The van der Waals surface area contributed by atoms with Crippen LogP contribution >= 0.6 is 23.2 Å². The van der Waals surface area contributed by atoms with Crippen LogP contribution < -0.4 is 15.2 Å². The fourth-order valence-corrected chi connectivity index (χ4v) is 2.80. The molecule has 0 aliphatic carbocycles. The summed E-state index contributed by atoms with van der Waals surface area (Å²) in [6.07, 6.45) is 0. The Balaban J connectivity index is 1.93. The number of phenolic OH excluding ortho intramolecular Hbond substituents is 1. The standard InChI is InChI=1S/C18H15Cl2N3O4/c1-9-18(27-15-5-2-10(19)6-13(15)20)17(23-22-9)12-4-3-11(7-14(12)24)26-8-16(21)25/h2-7,24H,8H2,1H3,(H2,21,25)(H,22,23). The fourth-order valence-electron chi connectivity index (χ4n) is 2.35. The molecule has 0 atom stereocenters. The smallest absolute Gasteiger partial charge is 0.255 e. The van der Waals surface area contributed by atoms with Gasteiger partial charge in [0.15, 0.2) is 12.4 Å². The number of halogens is 2. The number of aromatic nitrogens is 2. The van der Waals surface area contributed by atoms with Gasteiger partial charge >= 0.3 is 0 Å². The van der Waals surface area contributed by atoms with Crippen molar-refractivity contribution in [2.24, 2.45) is 5.73 Å². The molecule has 4 N–H and O–H groups in total. The number of carbonyl (C=O) groups is 1.